The molecule has 0 spiro atoms. The first-order valence-electron chi connectivity index (χ1n) is 8.25. The molecule has 124 valence electrons. The number of rotatable bonds is 6. The molecule has 1 fully saturated rings. The highest BCUT2D eigenvalue weighted by Crippen LogP contribution is 2.34. The minimum atomic E-state index is 0.513. The summed E-state index contributed by atoms with van der Waals surface area (Å²) in [4.78, 5) is 2.25. The van der Waals surface area contributed by atoms with Crippen LogP contribution in [0.1, 0.15) is 30.3 Å². The van der Waals surface area contributed by atoms with E-state index < -0.39 is 0 Å². The van der Waals surface area contributed by atoms with E-state index >= 15 is 0 Å². The van der Waals surface area contributed by atoms with Gasteiger partial charge in [0.2, 0.25) is 0 Å². The maximum atomic E-state index is 5.28. The summed E-state index contributed by atoms with van der Waals surface area (Å²) in [5.74, 6) is 1.84. The smallest absolute Gasteiger partial charge is 0.165 e. The molecule has 6 nitrogen and oxygen atoms in total. The molecule has 0 aliphatic heterocycles. The minimum absolute atomic E-state index is 0.513. The number of methoxy groups -OCH3 is 1. The van der Waals surface area contributed by atoms with Crippen LogP contribution < -0.4 is 4.74 Å². The molecule has 1 saturated carbocycles. The molecular weight excluding hydrogens is 302 g/mol. The van der Waals surface area contributed by atoms with Crippen molar-refractivity contribution < 1.29 is 4.74 Å². The van der Waals surface area contributed by atoms with Gasteiger partial charge in [0.15, 0.2) is 5.82 Å². The lowest BCUT2D eigenvalue weighted by molar-refractivity contribution is 0.302. The van der Waals surface area contributed by atoms with Crippen molar-refractivity contribution in [2.75, 3.05) is 14.2 Å². The zero-order chi connectivity index (χ0) is 16.5. The Balaban J connectivity index is 1.47. The summed E-state index contributed by atoms with van der Waals surface area (Å²) in [6.07, 6.45) is 2.38. The lowest BCUT2D eigenvalue weighted by Crippen LogP contribution is -2.20. The second kappa shape index (κ2) is 6.20. The van der Waals surface area contributed by atoms with Crippen molar-refractivity contribution in [3.05, 3.63) is 47.8 Å². The summed E-state index contributed by atoms with van der Waals surface area (Å²) in [6, 6.07) is 13.2. The van der Waals surface area contributed by atoms with Crippen LogP contribution >= 0.6 is 0 Å². The molecule has 0 radical (unpaired) electrons. The number of tetrazole rings is 1. The molecule has 0 unspecified atom stereocenters. The number of aromatic nitrogens is 4. The Bertz CT molecular complexity index is 855. The maximum absolute atomic E-state index is 5.28. The molecule has 0 bridgehead atoms. The van der Waals surface area contributed by atoms with Gasteiger partial charge in [0.05, 0.1) is 19.7 Å². The van der Waals surface area contributed by atoms with E-state index in [1.807, 2.05) is 10.7 Å². The molecule has 0 atom stereocenters. The number of nitrogens with zero attached hydrogens (tertiary/aromatic N) is 5. The molecule has 24 heavy (non-hydrogen) atoms. The molecule has 0 amide bonds. The topological polar surface area (TPSA) is 56.1 Å². The van der Waals surface area contributed by atoms with Gasteiger partial charge in [-0.05, 0) is 64.9 Å². The Kier molecular flexibility index (Phi) is 3.90. The first kappa shape index (κ1) is 15.1. The van der Waals surface area contributed by atoms with Gasteiger partial charge in [0.1, 0.15) is 5.75 Å². The van der Waals surface area contributed by atoms with Gasteiger partial charge in [-0.15, -0.1) is 5.10 Å². The first-order valence-corrected chi connectivity index (χ1v) is 8.25. The van der Waals surface area contributed by atoms with E-state index in [1.54, 1.807) is 7.11 Å². The zero-order valence-corrected chi connectivity index (χ0v) is 14.0. The number of hydrogen-bond acceptors (Lipinski definition) is 5. The summed E-state index contributed by atoms with van der Waals surface area (Å²) in [5.41, 5.74) is 1.28. The van der Waals surface area contributed by atoms with Crippen molar-refractivity contribution in [2.45, 2.75) is 32.0 Å². The van der Waals surface area contributed by atoms with E-state index in [0.29, 0.717) is 6.04 Å². The van der Waals surface area contributed by atoms with Crippen molar-refractivity contribution in [2.24, 2.45) is 0 Å². The van der Waals surface area contributed by atoms with Gasteiger partial charge < -0.3 is 4.74 Å². The van der Waals surface area contributed by atoms with Crippen molar-refractivity contribution >= 4 is 10.8 Å². The van der Waals surface area contributed by atoms with Crippen LogP contribution in [0, 0.1) is 0 Å². The number of benzene rings is 2. The highest BCUT2D eigenvalue weighted by Gasteiger charge is 2.27. The number of hydrogen-bond donors (Lipinski definition) is 0. The third kappa shape index (κ3) is 3.10. The lowest BCUT2D eigenvalue weighted by Gasteiger charge is -2.16. The highest BCUT2D eigenvalue weighted by molar-refractivity contribution is 5.84. The third-order valence-corrected chi connectivity index (χ3v) is 4.43. The van der Waals surface area contributed by atoms with Gasteiger partial charge in [-0.25, -0.2) is 4.68 Å². The molecule has 0 saturated heterocycles. The highest BCUT2D eigenvalue weighted by atomic mass is 16.5. The second-order valence-electron chi connectivity index (χ2n) is 6.49. The molecular formula is C18H21N5O. The number of ether oxygens (including phenoxy) is 1. The van der Waals surface area contributed by atoms with Gasteiger partial charge in [-0.2, -0.15) is 0 Å². The van der Waals surface area contributed by atoms with Gasteiger partial charge in [-0.1, -0.05) is 18.2 Å². The average molecular weight is 323 g/mol. The fraction of sp³-hybridized carbons (Fsp3) is 0.389. The monoisotopic (exact) mass is 323 g/mol. The fourth-order valence-electron chi connectivity index (χ4n) is 3.03. The largest absolute Gasteiger partial charge is 0.497 e. The summed E-state index contributed by atoms with van der Waals surface area (Å²) < 4.78 is 7.26. The Morgan fingerprint density at radius 1 is 1.12 bits per heavy atom. The van der Waals surface area contributed by atoms with Gasteiger partial charge in [0, 0.05) is 6.54 Å². The average Bonchev–Trinajstić information content (AvgIpc) is 3.34. The van der Waals surface area contributed by atoms with Crippen LogP contribution in [-0.4, -0.2) is 39.3 Å². The molecule has 1 aliphatic carbocycles. The minimum Gasteiger partial charge on any atom is -0.497 e. The van der Waals surface area contributed by atoms with Crippen LogP contribution in [0.15, 0.2) is 36.4 Å². The van der Waals surface area contributed by atoms with Gasteiger partial charge >= 0.3 is 0 Å². The zero-order valence-electron chi connectivity index (χ0n) is 14.0. The lowest BCUT2D eigenvalue weighted by atomic mass is 10.1. The molecule has 1 aromatic heterocycles. The van der Waals surface area contributed by atoms with Crippen molar-refractivity contribution in [3.8, 4) is 5.75 Å². The molecule has 1 heterocycles. The van der Waals surface area contributed by atoms with Crippen LogP contribution in [0.25, 0.3) is 10.8 Å². The van der Waals surface area contributed by atoms with E-state index in [-0.39, 0.29) is 0 Å². The summed E-state index contributed by atoms with van der Waals surface area (Å²) >= 11 is 0. The van der Waals surface area contributed by atoms with Gasteiger partial charge in [0.25, 0.3) is 0 Å². The summed E-state index contributed by atoms with van der Waals surface area (Å²) in [6.45, 7) is 1.61. The van der Waals surface area contributed by atoms with Crippen molar-refractivity contribution in [1.29, 1.82) is 0 Å². The normalized spacial score (nSPS) is 14.5. The van der Waals surface area contributed by atoms with Crippen LogP contribution in [-0.2, 0) is 13.1 Å². The van der Waals surface area contributed by atoms with Crippen LogP contribution in [0.4, 0.5) is 0 Å². The molecule has 2 aromatic carbocycles. The van der Waals surface area contributed by atoms with E-state index in [9.17, 15) is 0 Å². The first-order chi connectivity index (χ1) is 11.7. The van der Waals surface area contributed by atoms with Gasteiger partial charge in [-0.3, -0.25) is 4.90 Å². The Hall–Kier alpha value is -2.47. The number of fused-ring (bicyclic) bond motifs is 1. The van der Waals surface area contributed by atoms with E-state index in [2.05, 4.69) is 57.8 Å². The molecule has 0 N–H and O–H groups in total. The van der Waals surface area contributed by atoms with E-state index in [0.717, 1.165) is 24.7 Å². The Morgan fingerprint density at radius 2 is 1.92 bits per heavy atom. The third-order valence-electron chi connectivity index (χ3n) is 4.43. The quantitative estimate of drug-likeness (QED) is 0.698. The Labute approximate surface area is 141 Å². The van der Waals surface area contributed by atoms with Crippen LogP contribution in [0.2, 0.25) is 0 Å². The summed E-state index contributed by atoms with van der Waals surface area (Å²) in [7, 11) is 3.80. The Morgan fingerprint density at radius 3 is 2.71 bits per heavy atom. The van der Waals surface area contributed by atoms with E-state index in [1.165, 1.54) is 29.2 Å². The fourth-order valence-corrected chi connectivity index (χ4v) is 3.03. The second-order valence-corrected chi connectivity index (χ2v) is 6.49. The van der Waals surface area contributed by atoms with Crippen molar-refractivity contribution in [1.82, 2.24) is 25.1 Å². The van der Waals surface area contributed by atoms with Crippen LogP contribution in [0.3, 0.4) is 0 Å². The predicted octanol–water partition coefficient (Wildman–Crippen LogP) is 2.80. The maximum Gasteiger partial charge on any atom is 0.165 e. The summed E-state index contributed by atoms with van der Waals surface area (Å²) in [5, 5.41) is 14.5. The van der Waals surface area contributed by atoms with E-state index in [4.69, 9.17) is 4.74 Å². The molecule has 4 rings (SSSR count). The van der Waals surface area contributed by atoms with Crippen molar-refractivity contribution in [3.63, 3.8) is 0 Å². The molecule has 1 aliphatic rings. The standard InChI is InChI=1S/C18H21N5O/c1-22(12-18-19-20-21-23(18)16-6-7-16)11-13-3-4-15-10-17(24-2)8-5-14(15)9-13/h3-5,8-10,16H,6-7,11-12H2,1-2H3. The SMILES string of the molecule is COc1ccc2cc(CN(C)Cc3nnnn3C3CC3)ccc2c1. The van der Waals surface area contributed by atoms with Crippen LogP contribution in [0.5, 0.6) is 5.75 Å². The molecule has 6 heteroatoms. The molecule has 3 aromatic rings. The predicted molar refractivity (Wildman–Crippen MR) is 91.8 cm³/mol.